The Morgan fingerprint density at radius 2 is 2.31 bits per heavy atom. The van der Waals surface area contributed by atoms with E-state index in [-0.39, 0.29) is 0 Å². The van der Waals surface area contributed by atoms with Crippen LogP contribution in [-0.2, 0) is 0 Å². The lowest BCUT2D eigenvalue weighted by atomic mass is 10.4. The zero-order chi connectivity index (χ0) is 9.42. The first-order valence-corrected chi connectivity index (χ1v) is 4.91. The van der Waals surface area contributed by atoms with Crippen LogP contribution in [0.2, 0.25) is 5.15 Å². The van der Waals surface area contributed by atoms with Crippen LogP contribution in [0.5, 0.6) is 0 Å². The molecule has 2 aromatic heterocycles. The molecule has 3 nitrogen and oxygen atoms in total. The zero-order valence-corrected chi connectivity index (χ0v) is 9.24. The van der Waals surface area contributed by atoms with Crippen molar-refractivity contribution >= 4 is 39.8 Å². The topological polar surface area (TPSA) is 41.1 Å². The van der Waals surface area contributed by atoms with Gasteiger partial charge in [-0.1, -0.05) is 11.6 Å². The third-order valence-corrected chi connectivity index (χ3v) is 2.81. The molecular formula is C8H3ClIN3. The molecule has 0 atom stereocenters. The van der Waals surface area contributed by atoms with Crippen molar-refractivity contribution in [2.45, 2.75) is 0 Å². The highest BCUT2D eigenvalue weighted by atomic mass is 127. The average molecular weight is 303 g/mol. The van der Waals surface area contributed by atoms with Crippen LogP contribution in [-0.4, -0.2) is 9.38 Å². The van der Waals surface area contributed by atoms with Crippen molar-refractivity contribution in [2.24, 2.45) is 0 Å². The Labute approximate surface area is 93.1 Å². The summed E-state index contributed by atoms with van der Waals surface area (Å²) in [4.78, 5) is 4.10. The number of rotatable bonds is 0. The van der Waals surface area contributed by atoms with E-state index in [0.29, 0.717) is 10.8 Å². The first-order valence-electron chi connectivity index (χ1n) is 3.45. The van der Waals surface area contributed by atoms with Crippen LogP contribution in [0.15, 0.2) is 18.3 Å². The highest BCUT2D eigenvalue weighted by Gasteiger charge is 2.07. The summed E-state index contributed by atoms with van der Waals surface area (Å²) in [5.74, 6) is 0. The fourth-order valence-electron chi connectivity index (χ4n) is 1.11. The highest BCUT2D eigenvalue weighted by molar-refractivity contribution is 14.1. The molecule has 0 N–H and O–H groups in total. The molecule has 0 aliphatic carbocycles. The molecule has 64 valence electrons. The van der Waals surface area contributed by atoms with Gasteiger partial charge in [-0.15, -0.1) is 0 Å². The number of imidazole rings is 1. The van der Waals surface area contributed by atoms with Crippen molar-refractivity contribution in [3.8, 4) is 6.07 Å². The van der Waals surface area contributed by atoms with Gasteiger partial charge in [-0.25, -0.2) is 4.98 Å². The van der Waals surface area contributed by atoms with Crippen molar-refractivity contribution < 1.29 is 0 Å². The van der Waals surface area contributed by atoms with E-state index in [1.165, 1.54) is 6.20 Å². The van der Waals surface area contributed by atoms with Crippen LogP contribution in [0, 0.1) is 14.9 Å². The number of nitrogens with zero attached hydrogens (tertiary/aromatic N) is 3. The van der Waals surface area contributed by atoms with Crippen LogP contribution in [0.1, 0.15) is 5.69 Å². The summed E-state index contributed by atoms with van der Waals surface area (Å²) < 4.78 is 2.60. The Bertz CT molecular complexity index is 512. The Hall–Kier alpha value is -0.800. The number of halogens is 2. The SMILES string of the molecule is N#Cc1cnc2c(I)ccc(Cl)n12. The van der Waals surface area contributed by atoms with Gasteiger partial charge in [0, 0.05) is 0 Å². The second-order valence-corrected chi connectivity index (χ2v) is 3.97. The maximum atomic E-state index is 8.77. The molecule has 5 heteroatoms. The van der Waals surface area contributed by atoms with Crippen LogP contribution in [0.25, 0.3) is 5.65 Å². The normalized spacial score (nSPS) is 10.2. The molecule has 0 aliphatic rings. The lowest BCUT2D eigenvalue weighted by Gasteiger charge is -1.99. The van der Waals surface area contributed by atoms with Gasteiger partial charge >= 0.3 is 0 Å². The summed E-state index contributed by atoms with van der Waals surface area (Å²) >= 11 is 8.08. The minimum absolute atomic E-state index is 0.457. The first kappa shape index (κ1) is 8.78. The van der Waals surface area contributed by atoms with E-state index in [2.05, 4.69) is 27.6 Å². The Morgan fingerprint density at radius 3 is 3.00 bits per heavy atom. The van der Waals surface area contributed by atoms with Gasteiger partial charge in [-0.3, -0.25) is 4.40 Å². The molecule has 0 saturated carbocycles. The van der Waals surface area contributed by atoms with Gasteiger partial charge in [0.15, 0.2) is 5.65 Å². The van der Waals surface area contributed by atoms with Crippen molar-refractivity contribution in [3.05, 3.63) is 32.7 Å². The van der Waals surface area contributed by atoms with Crippen molar-refractivity contribution in [1.82, 2.24) is 9.38 Å². The number of hydrogen-bond acceptors (Lipinski definition) is 2. The smallest absolute Gasteiger partial charge is 0.152 e. The van der Waals surface area contributed by atoms with Crippen LogP contribution >= 0.6 is 34.2 Å². The van der Waals surface area contributed by atoms with Crippen LogP contribution in [0.3, 0.4) is 0 Å². The highest BCUT2D eigenvalue weighted by Crippen LogP contribution is 2.19. The summed E-state index contributed by atoms with van der Waals surface area (Å²) in [5.41, 5.74) is 1.18. The molecule has 2 aromatic rings. The minimum atomic E-state index is 0.457. The van der Waals surface area contributed by atoms with Crippen LogP contribution in [0.4, 0.5) is 0 Å². The zero-order valence-electron chi connectivity index (χ0n) is 6.33. The predicted molar refractivity (Wildman–Crippen MR) is 57.6 cm³/mol. The number of hydrogen-bond donors (Lipinski definition) is 0. The van der Waals surface area contributed by atoms with E-state index in [4.69, 9.17) is 16.9 Å². The molecule has 0 fully saturated rings. The maximum absolute atomic E-state index is 8.77. The second kappa shape index (κ2) is 3.16. The fraction of sp³-hybridized carbons (Fsp3) is 0. The number of aromatic nitrogens is 2. The molecule has 0 radical (unpaired) electrons. The van der Waals surface area contributed by atoms with Crippen LogP contribution < -0.4 is 0 Å². The second-order valence-electron chi connectivity index (χ2n) is 2.42. The molecule has 0 amide bonds. The quantitative estimate of drug-likeness (QED) is 0.554. The van der Waals surface area contributed by atoms with E-state index in [1.807, 2.05) is 12.1 Å². The summed E-state index contributed by atoms with van der Waals surface area (Å²) in [5, 5.41) is 9.27. The van der Waals surface area contributed by atoms with Gasteiger partial charge in [-0.05, 0) is 34.7 Å². The fourth-order valence-corrected chi connectivity index (χ4v) is 1.90. The van der Waals surface area contributed by atoms with Gasteiger partial charge in [0.1, 0.15) is 16.9 Å². The van der Waals surface area contributed by atoms with Crippen molar-refractivity contribution in [3.63, 3.8) is 0 Å². The van der Waals surface area contributed by atoms with Gasteiger partial charge in [0.25, 0.3) is 0 Å². The number of fused-ring (bicyclic) bond motifs is 1. The van der Waals surface area contributed by atoms with E-state index >= 15 is 0 Å². The Balaban J connectivity index is 2.98. The molecule has 0 spiro atoms. The number of nitriles is 1. The average Bonchev–Trinajstić information content (AvgIpc) is 2.56. The number of pyridine rings is 1. The largest absolute Gasteiger partial charge is 0.273 e. The van der Waals surface area contributed by atoms with E-state index in [9.17, 15) is 0 Å². The standard InChI is InChI=1S/C8H3ClIN3/c9-7-2-1-6(10)8-12-4-5(3-11)13(7)8/h1-2,4H. The van der Waals surface area contributed by atoms with Gasteiger partial charge < -0.3 is 0 Å². The molecule has 0 aromatic carbocycles. The van der Waals surface area contributed by atoms with E-state index in [0.717, 1.165) is 9.22 Å². The van der Waals surface area contributed by atoms with Crippen molar-refractivity contribution in [2.75, 3.05) is 0 Å². The third-order valence-electron chi connectivity index (χ3n) is 1.67. The molecular weight excluding hydrogens is 300 g/mol. The van der Waals surface area contributed by atoms with Gasteiger partial charge in [-0.2, -0.15) is 5.26 Å². The molecule has 0 unspecified atom stereocenters. The lowest BCUT2D eigenvalue weighted by Crippen LogP contribution is -1.91. The van der Waals surface area contributed by atoms with E-state index < -0.39 is 0 Å². The lowest BCUT2D eigenvalue weighted by molar-refractivity contribution is 1.15. The van der Waals surface area contributed by atoms with E-state index in [1.54, 1.807) is 10.5 Å². The first-order chi connectivity index (χ1) is 6.24. The molecule has 2 heterocycles. The molecule has 2 rings (SSSR count). The van der Waals surface area contributed by atoms with Gasteiger partial charge in [0.2, 0.25) is 0 Å². The monoisotopic (exact) mass is 303 g/mol. The van der Waals surface area contributed by atoms with Gasteiger partial charge in [0.05, 0.1) is 9.77 Å². The summed E-state index contributed by atoms with van der Waals surface area (Å²) in [6, 6.07) is 5.65. The summed E-state index contributed by atoms with van der Waals surface area (Å²) in [7, 11) is 0. The van der Waals surface area contributed by atoms with Crippen molar-refractivity contribution in [1.29, 1.82) is 5.26 Å². The molecule has 0 bridgehead atoms. The molecule has 0 saturated heterocycles. The maximum Gasteiger partial charge on any atom is 0.152 e. The third kappa shape index (κ3) is 1.28. The molecule has 0 aliphatic heterocycles. The Morgan fingerprint density at radius 1 is 1.54 bits per heavy atom. The summed E-state index contributed by atoms with van der Waals surface area (Å²) in [6.07, 6.45) is 1.52. The Kier molecular flexibility index (Phi) is 2.14. The summed E-state index contributed by atoms with van der Waals surface area (Å²) in [6.45, 7) is 0. The molecule has 13 heavy (non-hydrogen) atoms. The predicted octanol–water partition coefficient (Wildman–Crippen LogP) is 2.46. The minimum Gasteiger partial charge on any atom is -0.273 e.